The summed E-state index contributed by atoms with van der Waals surface area (Å²) in [5.74, 6) is 0.0592. The number of carbonyl (C=O) groups excluding carboxylic acids is 1. The lowest BCUT2D eigenvalue weighted by atomic mass is 10.0. The maximum atomic E-state index is 11.7. The van der Waals surface area contributed by atoms with Gasteiger partial charge in [0.05, 0.1) is 5.92 Å². The van der Waals surface area contributed by atoms with Gasteiger partial charge in [-0.2, -0.15) is 0 Å². The second kappa shape index (κ2) is 11.9. The normalized spacial score (nSPS) is 12.4. The third kappa shape index (κ3) is 9.12. The van der Waals surface area contributed by atoms with Crippen molar-refractivity contribution in [3.05, 3.63) is 0 Å². The maximum absolute atomic E-state index is 11.7. The molecule has 1 amide bonds. The van der Waals surface area contributed by atoms with Gasteiger partial charge < -0.3 is 15.8 Å². The molecule has 0 aliphatic heterocycles. The quantitative estimate of drug-likeness (QED) is 0.544. The highest BCUT2D eigenvalue weighted by molar-refractivity contribution is 5.78. The van der Waals surface area contributed by atoms with E-state index in [1.807, 2.05) is 0 Å². The Kier molecular flexibility index (Phi) is 11.4. The van der Waals surface area contributed by atoms with Crippen molar-refractivity contribution in [2.45, 2.75) is 46.0 Å². The summed E-state index contributed by atoms with van der Waals surface area (Å²) in [5.41, 5.74) is 5.56. The summed E-state index contributed by atoms with van der Waals surface area (Å²) in [6.07, 6.45) is 5.01. The molecule has 0 aromatic carbocycles. The molecular formula is C13H28N2O2. The van der Waals surface area contributed by atoms with Gasteiger partial charge in [0, 0.05) is 26.3 Å². The Morgan fingerprint density at radius 3 is 2.53 bits per heavy atom. The zero-order valence-electron chi connectivity index (χ0n) is 11.3. The number of nitrogens with one attached hydrogen (secondary N) is 1. The summed E-state index contributed by atoms with van der Waals surface area (Å²) < 4.78 is 5.41. The van der Waals surface area contributed by atoms with Gasteiger partial charge in [0.25, 0.3) is 0 Å². The van der Waals surface area contributed by atoms with Gasteiger partial charge in [-0.3, -0.25) is 4.79 Å². The summed E-state index contributed by atoms with van der Waals surface area (Å²) in [6, 6.07) is 0. The van der Waals surface area contributed by atoms with E-state index in [0.717, 1.165) is 45.3 Å². The van der Waals surface area contributed by atoms with Gasteiger partial charge in [-0.25, -0.2) is 0 Å². The van der Waals surface area contributed by atoms with Crippen LogP contribution in [0.4, 0.5) is 0 Å². The van der Waals surface area contributed by atoms with Crippen LogP contribution in [0.2, 0.25) is 0 Å². The molecule has 0 aromatic heterocycles. The zero-order chi connectivity index (χ0) is 12.9. The lowest BCUT2D eigenvalue weighted by Crippen LogP contribution is -2.35. The van der Waals surface area contributed by atoms with Crippen LogP contribution < -0.4 is 11.1 Å². The molecule has 0 aromatic rings. The predicted octanol–water partition coefficient (Wildman–Crippen LogP) is 1.68. The maximum Gasteiger partial charge on any atom is 0.224 e. The van der Waals surface area contributed by atoms with Crippen molar-refractivity contribution in [1.29, 1.82) is 0 Å². The molecule has 1 atom stereocenters. The Hall–Kier alpha value is -0.610. The molecule has 0 fully saturated rings. The Balaban J connectivity index is 3.43. The minimum absolute atomic E-state index is 0.0268. The van der Waals surface area contributed by atoms with Crippen LogP contribution in [0.15, 0.2) is 0 Å². The lowest BCUT2D eigenvalue weighted by molar-refractivity contribution is -0.124. The van der Waals surface area contributed by atoms with Crippen molar-refractivity contribution in [3.63, 3.8) is 0 Å². The van der Waals surface area contributed by atoms with Crippen LogP contribution in [0.25, 0.3) is 0 Å². The average Bonchev–Trinajstić information content (AvgIpc) is 2.34. The Morgan fingerprint density at radius 1 is 1.24 bits per heavy atom. The van der Waals surface area contributed by atoms with Gasteiger partial charge in [-0.15, -0.1) is 0 Å². The lowest BCUT2D eigenvalue weighted by Gasteiger charge is -2.13. The molecule has 0 radical (unpaired) electrons. The van der Waals surface area contributed by atoms with Crippen molar-refractivity contribution in [2.24, 2.45) is 11.7 Å². The summed E-state index contributed by atoms with van der Waals surface area (Å²) >= 11 is 0. The third-order valence-electron chi connectivity index (χ3n) is 2.70. The Bertz CT molecular complexity index is 186. The first-order chi connectivity index (χ1) is 8.26. The van der Waals surface area contributed by atoms with Gasteiger partial charge in [-0.1, -0.05) is 26.7 Å². The predicted molar refractivity (Wildman–Crippen MR) is 70.8 cm³/mol. The van der Waals surface area contributed by atoms with Crippen LogP contribution in [0, 0.1) is 5.92 Å². The van der Waals surface area contributed by atoms with Crippen LogP contribution in [0.1, 0.15) is 46.0 Å². The summed E-state index contributed by atoms with van der Waals surface area (Å²) in [7, 11) is 0. The molecule has 4 nitrogen and oxygen atoms in total. The highest BCUT2D eigenvalue weighted by atomic mass is 16.5. The zero-order valence-corrected chi connectivity index (χ0v) is 11.3. The second-order valence-corrected chi connectivity index (χ2v) is 4.33. The number of hydrogen-bond acceptors (Lipinski definition) is 3. The molecule has 0 saturated heterocycles. The first-order valence-electron chi connectivity index (χ1n) is 6.81. The Labute approximate surface area is 105 Å². The number of rotatable bonds is 11. The van der Waals surface area contributed by atoms with Crippen molar-refractivity contribution >= 4 is 5.91 Å². The van der Waals surface area contributed by atoms with Crippen LogP contribution in [-0.2, 0) is 9.53 Å². The monoisotopic (exact) mass is 244 g/mol. The van der Waals surface area contributed by atoms with E-state index in [9.17, 15) is 4.79 Å². The van der Waals surface area contributed by atoms with Crippen molar-refractivity contribution < 1.29 is 9.53 Å². The van der Waals surface area contributed by atoms with Crippen LogP contribution in [0.5, 0.6) is 0 Å². The molecule has 0 spiro atoms. The molecule has 1 unspecified atom stereocenters. The third-order valence-corrected chi connectivity index (χ3v) is 2.70. The number of amides is 1. The minimum Gasteiger partial charge on any atom is -0.381 e. The van der Waals surface area contributed by atoms with Gasteiger partial charge >= 0.3 is 0 Å². The highest BCUT2D eigenvalue weighted by Crippen LogP contribution is 2.04. The second-order valence-electron chi connectivity index (χ2n) is 4.33. The molecule has 4 heteroatoms. The van der Waals surface area contributed by atoms with E-state index in [1.54, 1.807) is 0 Å². The SMILES string of the molecule is CCCCOCCCNC(=O)C(CN)CCC. The minimum atomic E-state index is -0.0268. The number of hydrogen-bond donors (Lipinski definition) is 2. The van der Waals surface area contributed by atoms with E-state index in [0.29, 0.717) is 13.1 Å². The fraction of sp³-hybridized carbons (Fsp3) is 0.923. The number of carbonyl (C=O) groups is 1. The van der Waals surface area contributed by atoms with Gasteiger partial charge in [-0.05, 0) is 19.3 Å². The first-order valence-corrected chi connectivity index (χ1v) is 6.81. The molecule has 17 heavy (non-hydrogen) atoms. The van der Waals surface area contributed by atoms with E-state index in [1.165, 1.54) is 0 Å². The fourth-order valence-electron chi connectivity index (χ4n) is 1.58. The van der Waals surface area contributed by atoms with Crippen LogP contribution in [0.3, 0.4) is 0 Å². The fourth-order valence-corrected chi connectivity index (χ4v) is 1.58. The van der Waals surface area contributed by atoms with Crippen molar-refractivity contribution in [1.82, 2.24) is 5.32 Å². The summed E-state index contributed by atoms with van der Waals surface area (Å²) in [6.45, 7) is 6.88. The van der Waals surface area contributed by atoms with E-state index in [2.05, 4.69) is 19.2 Å². The topological polar surface area (TPSA) is 64.3 Å². The first kappa shape index (κ1) is 16.4. The van der Waals surface area contributed by atoms with Gasteiger partial charge in [0.1, 0.15) is 0 Å². The molecule has 0 bridgehead atoms. The largest absolute Gasteiger partial charge is 0.381 e. The molecule has 0 aliphatic carbocycles. The van der Waals surface area contributed by atoms with E-state index in [4.69, 9.17) is 10.5 Å². The number of unbranched alkanes of at least 4 members (excludes halogenated alkanes) is 1. The van der Waals surface area contributed by atoms with E-state index < -0.39 is 0 Å². The smallest absolute Gasteiger partial charge is 0.224 e. The molecule has 0 rings (SSSR count). The summed E-state index contributed by atoms with van der Waals surface area (Å²) in [5, 5.41) is 2.91. The standard InChI is InChI=1S/C13H28N2O2/c1-3-5-9-17-10-6-8-15-13(16)12(11-14)7-4-2/h12H,3-11,14H2,1-2H3,(H,15,16). The molecule has 0 aliphatic rings. The highest BCUT2D eigenvalue weighted by Gasteiger charge is 2.14. The van der Waals surface area contributed by atoms with Gasteiger partial charge in [0.2, 0.25) is 5.91 Å². The van der Waals surface area contributed by atoms with Crippen molar-refractivity contribution in [3.8, 4) is 0 Å². The van der Waals surface area contributed by atoms with Gasteiger partial charge in [0.15, 0.2) is 0 Å². The molecular weight excluding hydrogens is 216 g/mol. The Morgan fingerprint density at radius 2 is 1.94 bits per heavy atom. The van der Waals surface area contributed by atoms with Crippen LogP contribution >= 0.6 is 0 Å². The van der Waals surface area contributed by atoms with Crippen LogP contribution in [-0.4, -0.2) is 32.2 Å². The van der Waals surface area contributed by atoms with E-state index >= 15 is 0 Å². The van der Waals surface area contributed by atoms with E-state index in [-0.39, 0.29) is 11.8 Å². The summed E-state index contributed by atoms with van der Waals surface area (Å²) in [4.78, 5) is 11.7. The molecule has 0 saturated carbocycles. The van der Waals surface area contributed by atoms with Crippen molar-refractivity contribution in [2.75, 3.05) is 26.3 Å². The molecule has 0 heterocycles. The number of ether oxygens (including phenoxy) is 1. The number of nitrogens with two attached hydrogens (primary N) is 1. The molecule has 102 valence electrons. The molecule has 3 N–H and O–H groups in total. The average molecular weight is 244 g/mol.